The summed E-state index contributed by atoms with van der Waals surface area (Å²) in [6.45, 7) is 6.07. The third-order valence-corrected chi connectivity index (χ3v) is 6.53. The van der Waals surface area contributed by atoms with Crippen LogP contribution >= 0.6 is 11.8 Å². The Bertz CT molecular complexity index is 1190. The lowest BCUT2D eigenvalue weighted by atomic mass is 10.1. The summed E-state index contributed by atoms with van der Waals surface area (Å²) >= 11 is 1.55. The molecule has 2 aromatic carbocycles. The second kappa shape index (κ2) is 11.4. The molecule has 1 unspecified atom stereocenters. The largest absolute Gasteiger partial charge is 0.492 e. The van der Waals surface area contributed by atoms with Crippen LogP contribution in [-0.4, -0.2) is 40.6 Å². The minimum atomic E-state index is -0.847. The van der Waals surface area contributed by atoms with E-state index in [1.165, 1.54) is 6.92 Å². The highest BCUT2D eigenvalue weighted by atomic mass is 32.2. The Morgan fingerprint density at radius 2 is 1.94 bits per heavy atom. The highest BCUT2D eigenvalue weighted by molar-refractivity contribution is 7.99. The number of carbonyl (C=O) groups excluding carboxylic acids is 1. The summed E-state index contributed by atoms with van der Waals surface area (Å²) in [6, 6.07) is 13.1. The van der Waals surface area contributed by atoms with Gasteiger partial charge in [-0.3, -0.25) is 9.69 Å². The number of thioether (sulfide) groups is 1. The molecular formula is C26H30N4O4S. The van der Waals surface area contributed by atoms with Gasteiger partial charge in [-0.2, -0.15) is 4.98 Å². The molecule has 2 heterocycles. The summed E-state index contributed by atoms with van der Waals surface area (Å²) in [4.78, 5) is 19.4. The molecule has 0 fully saturated rings. The maximum absolute atomic E-state index is 13.0. The van der Waals surface area contributed by atoms with Crippen molar-refractivity contribution in [2.24, 2.45) is 0 Å². The van der Waals surface area contributed by atoms with E-state index in [1.54, 1.807) is 23.8 Å². The van der Waals surface area contributed by atoms with Crippen LogP contribution in [0.15, 0.2) is 47.6 Å². The third kappa shape index (κ3) is 5.19. The topological polar surface area (TPSA) is 86.7 Å². The quantitative estimate of drug-likeness (QED) is 0.278. The van der Waals surface area contributed by atoms with Crippen molar-refractivity contribution in [3.63, 3.8) is 0 Å². The fourth-order valence-electron chi connectivity index (χ4n) is 4.05. The van der Waals surface area contributed by atoms with Gasteiger partial charge in [-0.15, -0.1) is 10.2 Å². The Labute approximate surface area is 210 Å². The molecule has 0 radical (unpaired) electrons. The summed E-state index contributed by atoms with van der Waals surface area (Å²) < 4.78 is 18.0. The Morgan fingerprint density at radius 3 is 2.69 bits per heavy atom. The van der Waals surface area contributed by atoms with Crippen LogP contribution in [-0.2, 0) is 4.79 Å². The number of anilines is 1. The van der Waals surface area contributed by atoms with E-state index in [2.05, 4.69) is 17.1 Å². The molecule has 0 aliphatic carbocycles. The number of para-hydroxylation sites is 2. The highest BCUT2D eigenvalue weighted by Gasteiger charge is 2.36. The molecule has 0 bridgehead atoms. The Hall–Kier alpha value is -3.33. The Kier molecular flexibility index (Phi) is 8.07. The molecule has 9 heteroatoms. The number of unbranched alkanes of at least 4 members (excludes halogenated alkanes) is 2. The van der Waals surface area contributed by atoms with Crippen LogP contribution in [0.2, 0.25) is 0 Å². The smallest absolute Gasteiger partial charge is 0.247 e. The van der Waals surface area contributed by atoms with Crippen molar-refractivity contribution >= 4 is 23.4 Å². The summed E-state index contributed by atoms with van der Waals surface area (Å²) in [7, 11) is 1.58. The molecule has 1 aliphatic rings. The molecule has 184 valence electrons. The number of hydrogen-bond donors (Lipinski definition) is 0. The van der Waals surface area contributed by atoms with E-state index in [0.29, 0.717) is 46.1 Å². The zero-order valence-electron chi connectivity index (χ0n) is 20.5. The number of hydrogen-bond acceptors (Lipinski definition) is 8. The van der Waals surface area contributed by atoms with Gasteiger partial charge in [0.15, 0.2) is 17.2 Å². The number of carbonyl (C=O) groups is 1. The monoisotopic (exact) mass is 494 g/mol. The van der Waals surface area contributed by atoms with Crippen molar-refractivity contribution in [3.8, 4) is 28.6 Å². The number of benzene rings is 2. The van der Waals surface area contributed by atoms with E-state index in [-0.39, 0.29) is 5.91 Å². The standard InChI is InChI=1S/C26H30N4O4S/c1-5-7-10-16-35-26-27-24-22(28-29-26)18-12-8-9-14-20(18)30(17(3)31)25(34-24)19-13-11-15-21(33-6-2)23(19)32-4/h8-9,11-15,25H,5-7,10,16H2,1-4H3. The number of methoxy groups -OCH3 is 1. The molecule has 0 saturated heterocycles. The van der Waals surface area contributed by atoms with Gasteiger partial charge in [0, 0.05) is 18.2 Å². The van der Waals surface area contributed by atoms with Crippen molar-refractivity contribution in [1.82, 2.24) is 15.2 Å². The van der Waals surface area contributed by atoms with E-state index in [0.717, 1.165) is 30.6 Å². The third-order valence-electron chi connectivity index (χ3n) is 5.61. The first-order valence-electron chi connectivity index (χ1n) is 11.8. The van der Waals surface area contributed by atoms with Crippen LogP contribution in [0, 0.1) is 0 Å². The fourth-order valence-corrected chi connectivity index (χ4v) is 4.82. The average Bonchev–Trinajstić information content (AvgIpc) is 3.01. The minimum absolute atomic E-state index is 0.193. The molecular weight excluding hydrogens is 464 g/mol. The number of aromatic nitrogens is 3. The number of fused-ring (bicyclic) bond motifs is 3. The summed E-state index contributed by atoms with van der Waals surface area (Å²) in [5, 5.41) is 9.37. The first-order valence-corrected chi connectivity index (χ1v) is 12.8. The second-order valence-electron chi connectivity index (χ2n) is 7.99. The van der Waals surface area contributed by atoms with Gasteiger partial charge in [-0.25, -0.2) is 0 Å². The molecule has 4 rings (SSSR count). The van der Waals surface area contributed by atoms with Gasteiger partial charge >= 0.3 is 0 Å². The lowest BCUT2D eigenvalue weighted by Gasteiger charge is -2.31. The molecule has 3 aromatic rings. The maximum Gasteiger partial charge on any atom is 0.247 e. The van der Waals surface area contributed by atoms with E-state index in [4.69, 9.17) is 19.2 Å². The minimum Gasteiger partial charge on any atom is -0.492 e. The lowest BCUT2D eigenvalue weighted by Crippen LogP contribution is -2.36. The van der Waals surface area contributed by atoms with Gasteiger partial charge in [0.2, 0.25) is 23.2 Å². The normalized spacial score (nSPS) is 14.4. The van der Waals surface area contributed by atoms with Gasteiger partial charge in [0.1, 0.15) is 0 Å². The number of ether oxygens (including phenoxy) is 3. The number of nitrogens with zero attached hydrogens (tertiary/aromatic N) is 4. The van der Waals surface area contributed by atoms with Crippen molar-refractivity contribution in [1.29, 1.82) is 0 Å². The predicted molar refractivity (Wildman–Crippen MR) is 136 cm³/mol. The molecule has 1 amide bonds. The Balaban J connectivity index is 1.85. The van der Waals surface area contributed by atoms with Crippen LogP contribution in [0.1, 0.15) is 51.8 Å². The number of amides is 1. The van der Waals surface area contributed by atoms with Crippen molar-refractivity contribution in [2.75, 3.05) is 24.4 Å². The van der Waals surface area contributed by atoms with E-state index < -0.39 is 6.23 Å². The predicted octanol–water partition coefficient (Wildman–Crippen LogP) is 5.67. The number of rotatable bonds is 9. The van der Waals surface area contributed by atoms with Crippen molar-refractivity contribution in [3.05, 3.63) is 48.0 Å². The average molecular weight is 495 g/mol. The molecule has 35 heavy (non-hydrogen) atoms. The molecule has 8 nitrogen and oxygen atoms in total. The highest BCUT2D eigenvalue weighted by Crippen LogP contribution is 2.46. The van der Waals surface area contributed by atoms with Crippen molar-refractivity contribution in [2.45, 2.75) is 51.4 Å². The van der Waals surface area contributed by atoms with Gasteiger partial charge in [0.25, 0.3) is 0 Å². The summed E-state index contributed by atoms with van der Waals surface area (Å²) in [5.41, 5.74) is 2.52. The first-order chi connectivity index (χ1) is 17.1. The lowest BCUT2D eigenvalue weighted by molar-refractivity contribution is -0.118. The van der Waals surface area contributed by atoms with Gasteiger partial charge in [-0.1, -0.05) is 55.8 Å². The first kappa shape index (κ1) is 24.8. The maximum atomic E-state index is 13.0. The van der Waals surface area contributed by atoms with Gasteiger partial charge in [-0.05, 0) is 31.5 Å². The van der Waals surface area contributed by atoms with E-state index >= 15 is 0 Å². The Morgan fingerprint density at radius 1 is 1.11 bits per heavy atom. The zero-order chi connectivity index (χ0) is 24.8. The fraction of sp³-hybridized carbons (Fsp3) is 0.385. The van der Waals surface area contributed by atoms with Crippen molar-refractivity contribution < 1.29 is 19.0 Å². The molecule has 1 aliphatic heterocycles. The molecule has 0 N–H and O–H groups in total. The molecule has 0 spiro atoms. The zero-order valence-corrected chi connectivity index (χ0v) is 21.3. The van der Waals surface area contributed by atoms with E-state index in [9.17, 15) is 4.79 Å². The van der Waals surface area contributed by atoms with Crippen LogP contribution in [0.25, 0.3) is 11.3 Å². The molecule has 1 atom stereocenters. The summed E-state index contributed by atoms with van der Waals surface area (Å²) in [5.74, 6) is 2.11. The van der Waals surface area contributed by atoms with Gasteiger partial charge < -0.3 is 14.2 Å². The molecule has 1 aromatic heterocycles. The summed E-state index contributed by atoms with van der Waals surface area (Å²) in [6.07, 6.45) is 2.53. The van der Waals surface area contributed by atoms with Gasteiger partial charge in [0.05, 0.1) is 25.0 Å². The van der Waals surface area contributed by atoms with Crippen LogP contribution < -0.4 is 19.1 Å². The van der Waals surface area contributed by atoms with Crippen LogP contribution in [0.3, 0.4) is 0 Å². The van der Waals surface area contributed by atoms with Crippen LogP contribution in [0.5, 0.6) is 17.4 Å². The molecule has 0 saturated carbocycles. The van der Waals surface area contributed by atoms with Crippen LogP contribution in [0.4, 0.5) is 5.69 Å². The second-order valence-corrected chi connectivity index (χ2v) is 9.05. The van der Waals surface area contributed by atoms with E-state index in [1.807, 2.05) is 49.4 Å². The SMILES string of the molecule is CCCCCSc1nnc2c(n1)OC(c1cccc(OCC)c1OC)N(C(C)=O)c1ccccc1-2.